The van der Waals surface area contributed by atoms with Gasteiger partial charge in [-0.1, -0.05) is 50.2 Å². The average molecular weight is 514 g/mol. The molecule has 4 aromatic rings. The summed E-state index contributed by atoms with van der Waals surface area (Å²) in [5, 5.41) is 18.6. The molecule has 0 radical (unpaired) electrons. The van der Waals surface area contributed by atoms with E-state index in [9.17, 15) is 22.7 Å². The molecule has 5 rings (SSSR count). The molecule has 0 fully saturated rings. The predicted octanol–water partition coefficient (Wildman–Crippen LogP) is 6.17. The van der Waals surface area contributed by atoms with Gasteiger partial charge in [-0.3, -0.25) is 0 Å². The molecule has 5 nitrogen and oxygen atoms in total. The second kappa shape index (κ2) is 9.06. The van der Waals surface area contributed by atoms with Gasteiger partial charge in [0.2, 0.25) is 0 Å². The van der Waals surface area contributed by atoms with Gasteiger partial charge in [-0.15, -0.1) is 0 Å². The third-order valence-corrected chi connectivity index (χ3v) is 6.97. The summed E-state index contributed by atoms with van der Waals surface area (Å²) in [5.74, 6) is 0.131. The summed E-state index contributed by atoms with van der Waals surface area (Å²) < 4.78 is 64.5. The van der Waals surface area contributed by atoms with Crippen molar-refractivity contribution in [2.75, 3.05) is 18.5 Å². The molecule has 0 saturated heterocycles. The Hall–Kier alpha value is -3.59. The van der Waals surface area contributed by atoms with Crippen LogP contribution in [0.3, 0.4) is 0 Å². The van der Waals surface area contributed by atoms with Crippen molar-refractivity contribution in [3.8, 4) is 11.4 Å². The van der Waals surface area contributed by atoms with Crippen molar-refractivity contribution in [2.45, 2.75) is 43.9 Å². The third kappa shape index (κ3) is 4.52. The molecule has 194 valence electrons. The van der Waals surface area contributed by atoms with Crippen molar-refractivity contribution < 1.29 is 27.4 Å². The number of nitrogens with one attached hydrogen (secondary N) is 1. The van der Waals surface area contributed by atoms with E-state index in [4.69, 9.17) is 4.74 Å². The Balaban J connectivity index is 1.44. The van der Waals surface area contributed by atoms with Crippen LogP contribution in [-0.4, -0.2) is 39.8 Å². The molecule has 0 aliphatic carbocycles. The summed E-state index contributed by atoms with van der Waals surface area (Å²) in [5.41, 5.74) is -1.39. The molecule has 0 spiro atoms. The van der Waals surface area contributed by atoms with E-state index in [0.29, 0.717) is 40.9 Å². The highest BCUT2D eigenvalue weighted by Gasteiger charge is 2.56. The van der Waals surface area contributed by atoms with Crippen LogP contribution >= 0.6 is 0 Å². The van der Waals surface area contributed by atoms with Crippen molar-refractivity contribution in [1.29, 1.82) is 0 Å². The highest BCUT2D eigenvalue weighted by Crippen LogP contribution is 2.45. The number of nitrogens with zero attached hydrogens (tertiary/aromatic N) is 2. The summed E-state index contributed by atoms with van der Waals surface area (Å²) in [6, 6.07) is 16.5. The number of alkyl halides is 3. The highest BCUT2D eigenvalue weighted by molar-refractivity contribution is 5.92. The number of aliphatic hydroxyl groups is 1. The zero-order valence-electron chi connectivity index (χ0n) is 20.4. The minimum absolute atomic E-state index is 0.223. The molecule has 0 amide bonds. The number of ether oxygens (including phenoxy) is 1. The molecule has 37 heavy (non-hydrogen) atoms. The van der Waals surface area contributed by atoms with Crippen molar-refractivity contribution in [3.63, 3.8) is 0 Å². The molecule has 9 heteroatoms. The molecule has 1 aliphatic rings. The van der Waals surface area contributed by atoms with Gasteiger partial charge in [0.25, 0.3) is 0 Å². The average Bonchev–Trinajstić information content (AvgIpc) is 3.49. The van der Waals surface area contributed by atoms with E-state index in [0.717, 1.165) is 5.56 Å². The summed E-state index contributed by atoms with van der Waals surface area (Å²) in [7, 11) is 0. The molecular weight excluding hydrogens is 486 g/mol. The SMILES string of the molecule is CC(C)(CC(O)(CNc1cccc2c1cnn2-c1ccccc1F)C(F)(F)F)c1cccc2c1OCC2. The number of para-hydroxylation sites is 2. The first-order valence-electron chi connectivity index (χ1n) is 12.0. The fraction of sp³-hybridized carbons (Fsp3) is 0.321. The van der Waals surface area contributed by atoms with E-state index >= 15 is 0 Å². The van der Waals surface area contributed by atoms with Crippen LogP contribution < -0.4 is 10.1 Å². The molecule has 1 unspecified atom stereocenters. The first-order valence-corrected chi connectivity index (χ1v) is 12.0. The largest absolute Gasteiger partial charge is 0.493 e. The lowest BCUT2D eigenvalue weighted by molar-refractivity contribution is -0.260. The number of hydrogen-bond donors (Lipinski definition) is 2. The Bertz CT molecular complexity index is 1450. The van der Waals surface area contributed by atoms with E-state index in [2.05, 4.69) is 10.4 Å². The van der Waals surface area contributed by atoms with Gasteiger partial charge in [0.15, 0.2) is 5.60 Å². The van der Waals surface area contributed by atoms with Crippen LogP contribution in [0, 0.1) is 5.82 Å². The van der Waals surface area contributed by atoms with Crippen LogP contribution in [0.5, 0.6) is 5.75 Å². The Kier molecular flexibility index (Phi) is 6.14. The van der Waals surface area contributed by atoms with Crippen LogP contribution in [0.1, 0.15) is 31.4 Å². The van der Waals surface area contributed by atoms with E-state index < -0.39 is 36.0 Å². The summed E-state index contributed by atoms with van der Waals surface area (Å²) in [6.07, 6.45) is -3.32. The third-order valence-electron chi connectivity index (χ3n) is 6.97. The number of benzene rings is 3. The normalized spacial score (nSPS) is 15.3. The van der Waals surface area contributed by atoms with E-state index in [1.54, 1.807) is 56.3 Å². The smallest absolute Gasteiger partial charge is 0.418 e. The number of anilines is 1. The lowest BCUT2D eigenvalue weighted by atomic mass is 9.74. The van der Waals surface area contributed by atoms with Crippen molar-refractivity contribution in [1.82, 2.24) is 9.78 Å². The quantitative estimate of drug-likeness (QED) is 0.290. The van der Waals surface area contributed by atoms with Gasteiger partial charge in [-0.05, 0) is 41.7 Å². The zero-order chi connectivity index (χ0) is 26.4. The first kappa shape index (κ1) is 25.1. The topological polar surface area (TPSA) is 59.3 Å². The van der Waals surface area contributed by atoms with Gasteiger partial charge < -0.3 is 15.2 Å². The first-order chi connectivity index (χ1) is 17.5. The minimum Gasteiger partial charge on any atom is -0.493 e. The predicted molar refractivity (Wildman–Crippen MR) is 134 cm³/mol. The molecular formula is C28H27F4N3O2. The number of aromatic nitrogens is 2. The summed E-state index contributed by atoms with van der Waals surface area (Å²) in [4.78, 5) is 0. The van der Waals surface area contributed by atoms with Crippen molar-refractivity contribution >= 4 is 16.6 Å². The second-order valence-corrected chi connectivity index (χ2v) is 10.1. The Labute approximate surface area is 211 Å². The number of rotatable bonds is 7. The highest BCUT2D eigenvalue weighted by atomic mass is 19.4. The molecule has 3 aromatic carbocycles. The minimum atomic E-state index is -4.90. The molecule has 2 heterocycles. The maximum absolute atomic E-state index is 14.4. The monoisotopic (exact) mass is 513 g/mol. The molecule has 1 aromatic heterocycles. The number of halogens is 4. The van der Waals surface area contributed by atoms with Crippen molar-refractivity contribution in [2.24, 2.45) is 0 Å². The van der Waals surface area contributed by atoms with Gasteiger partial charge in [-0.2, -0.15) is 18.3 Å². The van der Waals surface area contributed by atoms with Gasteiger partial charge in [0, 0.05) is 23.1 Å². The standard InChI is InChI=1S/C28H27F4N3O2/c1-26(2,20-8-5-7-18-13-14-37-25(18)20)16-27(36,28(30,31)32)17-33-22-10-6-12-23-19(22)15-34-35(23)24-11-4-3-9-21(24)29/h3-12,15,33,36H,13-14,16-17H2,1-2H3. The van der Waals surface area contributed by atoms with Crippen LogP contribution in [0.2, 0.25) is 0 Å². The van der Waals surface area contributed by atoms with Crippen LogP contribution in [0.25, 0.3) is 16.6 Å². The van der Waals surface area contributed by atoms with Gasteiger partial charge in [0.05, 0.1) is 24.9 Å². The number of fused-ring (bicyclic) bond motifs is 2. The lowest BCUT2D eigenvalue weighted by Crippen LogP contribution is -2.53. The fourth-order valence-corrected chi connectivity index (χ4v) is 5.10. The maximum Gasteiger partial charge on any atom is 0.418 e. The van der Waals surface area contributed by atoms with Crippen LogP contribution in [0.4, 0.5) is 23.2 Å². The lowest BCUT2D eigenvalue weighted by Gasteiger charge is -2.38. The van der Waals surface area contributed by atoms with E-state index in [-0.39, 0.29) is 5.69 Å². The van der Waals surface area contributed by atoms with E-state index in [1.165, 1.54) is 16.9 Å². The maximum atomic E-state index is 14.4. The Morgan fingerprint density at radius 2 is 1.78 bits per heavy atom. The summed E-state index contributed by atoms with van der Waals surface area (Å²) in [6.45, 7) is 3.07. The van der Waals surface area contributed by atoms with E-state index in [1.807, 2.05) is 12.1 Å². The Morgan fingerprint density at radius 1 is 1.03 bits per heavy atom. The summed E-state index contributed by atoms with van der Waals surface area (Å²) >= 11 is 0. The zero-order valence-corrected chi connectivity index (χ0v) is 20.4. The van der Waals surface area contributed by atoms with Gasteiger partial charge >= 0.3 is 6.18 Å². The molecule has 1 atom stereocenters. The molecule has 1 aliphatic heterocycles. The fourth-order valence-electron chi connectivity index (χ4n) is 5.10. The van der Waals surface area contributed by atoms with Gasteiger partial charge in [-0.25, -0.2) is 9.07 Å². The Morgan fingerprint density at radius 3 is 2.54 bits per heavy atom. The molecule has 0 saturated carbocycles. The van der Waals surface area contributed by atoms with Crippen molar-refractivity contribution in [3.05, 3.63) is 83.8 Å². The molecule has 2 N–H and O–H groups in total. The van der Waals surface area contributed by atoms with Crippen LogP contribution in [0.15, 0.2) is 66.9 Å². The number of hydrogen-bond acceptors (Lipinski definition) is 4. The van der Waals surface area contributed by atoms with Gasteiger partial charge in [0.1, 0.15) is 17.3 Å². The molecule has 0 bridgehead atoms. The van der Waals surface area contributed by atoms with Crippen LogP contribution in [-0.2, 0) is 11.8 Å². The second-order valence-electron chi connectivity index (χ2n) is 10.1.